The van der Waals surface area contributed by atoms with Gasteiger partial charge in [0.15, 0.2) is 17.3 Å². The quantitative estimate of drug-likeness (QED) is 0.575. The summed E-state index contributed by atoms with van der Waals surface area (Å²) in [6.45, 7) is 0. The van der Waals surface area contributed by atoms with E-state index in [0.29, 0.717) is 22.8 Å². The molecule has 2 aromatic carbocycles. The van der Waals surface area contributed by atoms with E-state index >= 15 is 0 Å². The van der Waals surface area contributed by atoms with Crippen molar-refractivity contribution in [2.45, 2.75) is 0 Å². The van der Waals surface area contributed by atoms with E-state index in [4.69, 9.17) is 18.7 Å². The van der Waals surface area contributed by atoms with Crippen LogP contribution in [0.25, 0.3) is 11.3 Å². The Labute approximate surface area is 159 Å². The summed E-state index contributed by atoms with van der Waals surface area (Å²) in [5.41, 5.74) is 0.644. The third-order valence-corrected chi connectivity index (χ3v) is 4.58. The number of ether oxygens (including phenoxy) is 3. The van der Waals surface area contributed by atoms with Gasteiger partial charge in [0.1, 0.15) is 17.0 Å². The highest BCUT2D eigenvalue weighted by molar-refractivity contribution is 6.29. The van der Waals surface area contributed by atoms with Crippen LogP contribution in [0.3, 0.4) is 0 Å². The number of methoxy groups -OCH3 is 3. The molecule has 0 fully saturated rings. The second-order valence-corrected chi connectivity index (χ2v) is 6.01. The summed E-state index contributed by atoms with van der Waals surface area (Å²) < 4.78 is 21.2. The number of hydrogen-bond donors (Lipinski definition) is 1. The van der Waals surface area contributed by atoms with Crippen molar-refractivity contribution in [3.8, 4) is 34.3 Å². The van der Waals surface area contributed by atoms with Gasteiger partial charge < -0.3 is 23.8 Å². The number of rotatable bonds is 4. The number of benzene rings is 2. The maximum atomic E-state index is 13.0. The summed E-state index contributed by atoms with van der Waals surface area (Å²) in [4.78, 5) is 25.8. The monoisotopic (exact) mass is 381 g/mol. The Morgan fingerprint density at radius 1 is 0.929 bits per heavy atom. The number of phenolic OH excluding ortho intramolecular Hbond substituents is 1. The molecule has 1 aliphatic carbocycles. The van der Waals surface area contributed by atoms with Crippen LogP contribution in [0.15, 0.2) is 34.9 Å². The van der Waals surface area contributed by atoms with Gasteiger partial charge in [-0.25, -0.2) is 0 Å². The molecule has 0 saturated heterocycles. The van der Waals surface area contributed by atoms with Crippen molar-refractivity contribution >= 4 is 11.6 Å². The van der Waals surface area contributed by atoms with Crippen molar-refractivity contribution in [3.05, 3.63) is 52.8 Å². The summed E-state index contributed by atoms with van der Waals surface area (Å²) in [5.74, 6) is -0.472. The van der Waals surface area contributed by atoms with Gasteiger partial charge in [-0.05, 0) is 18.2 Å². The highest BCUT2D eigenvalue weighted by Crippen LogP contribution is 2.43. The standard InChI is InChI=1S/C20H15NO7/c1-25-12-7-9(8-13(26-2)19(12)27-3)16-15-17(23)10-5-4-6-11(22)14(10)18(24)20(15)28-21-16/h4-8,22H,1-3H3. The summed E-state index contributed by atoms with van der Waals surface area (Å²) in [6.07, 6.45) is 0. The Hall–Kier alpha value is -3.81. The Bertz CT molecular complexity index is 1100. The molecular weight excluding hydrogens is 366 g/mol. The summed E-state index contributed by atoms with van der Waals surface area (Å²) >= 11 is 0. The lowest BCUT2D eigenvalue weighted by Gasteiger charge is -2.15. The fourth-order valence-electron chi connectivity index (χ4n) is 3.29. The maximum Gasteiger partial charge on any atom is 0.236 e. The number of nitrogens with zero attached hydrogens (tertiary/aromatic N) is 1. The van der Waals surface area contributed by atoms with Crippen molar-refractivity contribution in [1.82, 2.24) is 5.16 Å². The topological polar surface area (TPSA) is 108 Å². The number of ketones is 2. The Morgan fingerprint density at radius 2 is 1.61 bits per heavy atom. The zero-order valence-electron chi connectivity index (χ0n) is 15.2. The predicted molar refractivity (Wildman–Crippen MR) is 96.6 cm³/mol. The van der Waals surface area contributed by atoms with Crippen LogP contribution in [-0.4, -0.2) is 43.2 Å². The molecule has 0 spiro atoms. The Kier molecular flexibility index (Phi) is 4.03. The minimum atomic E-state index is -0.603. The third kappa shape index (κ3) is 2.34. The van der Waals surface area contributed by atoms with Gasteiger partial charge in [0.25, 0.3) is 0 Å². The number of carbonyl (C=O) groups excluding carboxylic acids is 2. The summed E-state index contributed by atoms with van der Waals surface area (Å²) in [5, 5.41) is 13.9. The van der Waals surface area contributed by atoms with Crippen molar-refractivity contribution in [2.24, 2.45) is 0 Å². The zero-order chi connectivity index (χ0) is 20.0. The van der Waals surface area contributed by atoms with Crippen LogP contribution < -0.4 is 14.2 Å². The molecule has 1 N–H and O–H groups in total. The van der Waals surface area contributed by atoms with Crippen LogP contribution >= 0.6 is 0 Å². The molecule has 0 aliphatic heterocycles. The highest BCUT2D eigenvalue weighted by Gasteiger charge is 2.38. The van der Waals surface area contributed by atoms with Gasteiger partial charge in [0.2, 0.25) is 17.3 Å². The van der Waals surface area contributed by atoms with Crippen LogP contribution in [-0.2, 0) is 0 Å². The second kappa shape index (κ2) is 6.41. The molecule has 8 nitrogen and oxygen atoms in total. The molecule has 0 amide bonds. The van der Waals surface area contributed by atoms with Gasteiger partial charge in [-0.2, -0.15) is 0 Å². The van der Waals surface area contributed by atoms with E-state index in [-0.39, 0.29) is 33.9 Å². The molecule has 0 bridgehead atoms. The van der Waals surface area contributed by atoms with Gasteiger partial charge in [-0.3, -0.25) is 9.59 Å². The lowest BCUT2D eigenvalue weighted by molar-refractivity contribution is 0.0952. The van der Waals surface area contributed by atoms with E-state index in [1.807, 2.05) is 0 Å². The average molecular weight is 381 g/mol. The predicted octanol–water partition coefficient (Wildman–Crippen LogP) is 2.85. The Morgan fingerprint density at radius 3 is 2.21 bits per heavy atom. The van der Waals surface area contributed by atoms with Crippen LogP contribution in [0.4, 0.5) is 0 Å². The van der Waals surface area contributed by atoms with Gasteiger partial charge in [-0.1, -0.05) is 17.3 Å². The SMILES string of the molecule is COc1cc(-c2noc3c2C(=O)c2cccc(O)c2C3=O)cc(OC)c1OC. The van der Waals surface area contributed by atoms with Gasteiger partial charge in [-0.15, -0.1) is 0 Å². The number of aromatic hydroxyl groups is 1. The fourth-order valence-corrected chi connectivity index (χ4v) is 3.29. The molecule has 1 heterocycles. The first-order chi connectivity index (χ1) is 13.5. The van der Waals surface area contributed by atoms with Crippen LogP contribution in [0, 0.1) is 0 Å². The van der Waals surface area contributed by atoms with E-state index in [2.05, 4.69) is 5.16 Å². The molecule has 0 unspecified atom stereocenters. The summed E-state index contributed by atoms with van der Waals surface area (Å²) in [7, 11) is 4.41. The van der Waals surface area contributed by atoms with Crippen molar-refractivity contribution in [2.75, 3.05) is 21.3 Å². The van der Waals surface area contributed by atoms with E-state index in [9.17, 15) is 14.7 Å². The van der Waals surface area contributed by atoms with Gasteiger partial charge in [0, 0.05) is 11.1 Å². The first kappa shape index (κ1) is 17.6. The minimum absolute atomic E-state index is 0.0253. The number of phenols is 1. The molecule has 4 rings (SSSR count). The first-order valence-corrected chi connectivity index (χ1v) is 8.23. The number of hydrogen-bond acceptors (Lipinski definition) is 8. The molecule has 3 aromatic rings. The van der Waals surface area contributed by atoms with Crippen LogP contribution in [0.2, 0.25) is 0 Å². The lowest BCUT2D eigenvalue weighted by Crippen LogP contribution is -2.20. The molecular formula is C20H15NO7. The molecule has 1 aliphatic rings. The van der Waals surface area contributed by atoms with Gasteiger partial charge in [0.05, 0.1) is 26.9 Å². The van der Waals surface area contributed by atoms with E-state index in [1.165, 1.54) is 39.5 Å². The molecule has 1 aromatic heterocycles. The molecule has 28 heavy (non-hydrogen) atoms. The lowest BCUT2D eigenvalue weighted by atomic mass is 9.85. The zero-order valence-corrected chi connectivity index (χ0v) is 15.2. The largest absolute Gasteiger partial charge is 0.507 e. The molecule has 142 valence electrons. The fraction of sp³-hybridized carbons (Fsp3) is 0.150. The average Bonchev–Trinajstić information content (AvgIpc) is 3.16. The van der Waals surface area contributed by atoms with Crippen molar-refractivity contribution in [1.29, 1.82) is 0 Å². The number of carbonyl (C=O) groups is 2. The maximum absolute atomic E-state index is 13.0. The molecule has 0 saturated carbocycles. The minimum Gasteiger partial charge on any atom is -0.507 e. The van der Waals surface area contributed by atoms with E-state index < -0.39 is 11.6 Å². The van der Waals surface area contributed by atoms with E-state index in [1.54, 1.807) is 12.1 Å². The molecule has 0 atom stereocenters. The van der Waals surface area contributed by atoms with Gasteiger partial charge >= 0.3 is 0 Å². The molecule has 0 radical (unpaired) electrons. The van der Waals surface area contributed by atoms with Crippen LogP contribution in [0.1, 0.15) is 32.0 Å². The highest BCUT2D eigenvalue weighted by atomic mass is 16.5. The first-order valence-electron chi connectivity index (χ1n) is 8.23. The Balaban J connectivity index is 1.94. The van der Waals surface area contributed by atoms with Crippen molar-refractivity contribution < 1.29 is 33.4 Å². The smallest absolute Gasteiger partial charge is 0.236 e. The molecule has 8 heteroatoms. The normalized spacial score (nSPS) is 12.4. The number of fused-ring (bicyclic) bond motifs is 2. The second-order valence-electron chi connectivity index (χ2n) is 6.01. The summed E-state index contributed by atoms with van der Waals surface area (Å²) in [6, 6.07) is 7.52. The third-order valence-electron chi connectivity index (χ3n) is 4.58. The van der Waals surface area contributed by atoms with Crippen LogP contribution in [0.5, 0.6) is 23.0 Å². The number of aromatic nitrogens is 1. The van der Waals surface area contributed by atoms with E-state index in [0.717, 1.165) is 0 Å². The van der Waals surface area contributed by atoms with Crippen molar-refractivity contribution in [3.63, 3.8) is 0 Å².